The Kier molecular flexibility index (Phi) is 8.35. The highest BCUT2D eigenvalue weighted by atomic mass is 35.5. The number of halogens is 1. The predicted molar refractivity (Wildman–Crippen MR) is 159 cm³/mol. The summed E-state index contributed by atoms with van der Waals surface area (Å²) in [6, 6.07) is 20.7. The van der Waals surface area contributed by atoms with Crippen LogP contribution in [0.15, 0.2) is 95.4 Å². The minimum atomic E-state index is -0.953. The molecule has 0 saturated carbocycles. The molecule has 1 saturated heterocycles. The highest BCUT2D eigenvalue weighted by Crippen LogP contribution is 2.44. The number of benzene rings is 3. The van der Waals surface area contributed by atoms with Gasteiger partial charge in [0.2, 0.25) is 5.13 Å². The number of aromatic nitrogens is 2. The van der Waals surface area contributed by atoms with Crippen molar-refractivity contribution in [2.45, 2.75) is 23.1 Å². The second-order valence-electron chi connectivity index (χ2n) is 8.97. The Labute approximate surface area is 244 Å². The normalized spacial score (nSPS) is 16.4. The lowest BCUT2D eigenvalue weighted by Gasteiger charge is -2.23. The number of nitrogens with zero attached hydrogens (tertiary/aromatic N) is 3. The van der Waals surface area contributed by atoms with Crippen molar-refractivity contribution in [3.63, 3.8) is 0 Å². The number of carbonyl (C=O) groups excluding carboxylic acids is 2. The SMILES string of the molecule is C=CCOc1cccc(C2/C(=C(\O)c3ccc(Cl)cc3)C(=O)C(=O)N2c2nnc(SCc3ccc(C)cc3)s2)c1. The number of hydrogen-bond acceptors (Lipinski definition) is 8. The maximum atomic E-state index is 13.5. The molecule has 1 aromatic heterocycles. The minimum absolute atomic E-state index is 0.0581. The molecule has 1 N–H and O–H groups in total. The van der Waals surface area contributed by atoms with Crippen molar-refractivity contribution >= 4 is 57.3 Å². The van der Waals surface area contributed by atoms with Crippen molar-refractivity contribution in [2.75, 3.05) is 11.5 Å². The molecule has 0 bridgehead atoms. The molecule has 3 aromatic carbocycles. The Hall–Kier alpha value is -3.92. The summed E-state index contributed by atoms with van der Waals surface area (Å²) in [5, 5.41) is 20.6. The second-order valence-corrected chi connectivity index (χ2v) is 11.6. The van der Waals surface area contributed by atoms with Crippen molar-refractivity contribution < 1.29 is 19.4 Å². The Morgan fingerprint density at radius 3 is 2.60 bits per heavy atom. The molecule has 1 aliphatic rings. The summed E-state index contributed by atoms with van der Waals surface area (Å²) < 4.78 is 6.35. The highest BCUT2D eigenvalue weighted by molar-refractivity contribution is 8.00. The first-order chi connectivity index (χ1) is 19.4. The van der Waals surface area contributed by atoms with Crippen LogP contribution >= 0.6 is 34.7 Å². The molecule has 202 valence electrons. The lowest BCUT2D eigenvalue weighted by Crippen LogP contribution is -2.29. The minimum Gasteiger partial charge on any atom is -0.507 e. The molecule has 1 fully saturated rings. The van der Waals surface area contributed by atoms with Crippen LogP contribution in [0.25, 0.3) is 5.76 Å². The summed E-state index contributed by atoms with van der Waals surface area (Å²) >= 11 is 8.73. The third-order valence-electron chi connectivity index (χ3n) is 6.19. The number of carbonyl (C=O) groups is 2. The van der Waals surface area contributed by atoms with Crippen LogP contribution in [-0.4, -0.2) is 33.6 Å². The van der Waals surface area contributed by atoms with Gasteiger partial charge in [-0.1, -0.05) is 89.3 Å². The third-order valence-corrected chi connectivity index (χ3v) is 8.57. The van der Waals surface area contributed by atoms with Gasteiger partial charge < -0.3 is 9.84 Å². The third kappa shape index (κ3) is 5.82. The van der Waals surface area contributed by atoms with E-state index < -0.39 is 17.7 Å². The molecule has 5 rings (SSSR count). The molecule has 1 aliphatic heterocycles. The van der Waals surface area contributed by atoms with Crippen LogP contribution in [0.4, 0.5) is 5.13 Å². The first kappa shape index (κ1) is 27.6. The molecule has 7 nitrogen and oxygen atoms in total. The number of ether oxygens (including phenoxy) is 1. The van der Waals surface area contributed by atoms with Crippen LogP contribution in [0.3, 0.4) is 0 Å². The molecule has 10 heteroatoms. The largest absolute Gasteiger partial charge is 0.507 e. The summed E-state index contributed by atoms with van der Waals surface area (Å²) in [4.78, 5) is 28.2. The van der Waals surface area contributed by atoms with Gasteiger partial charge in [0, 0.05) is 16.3 Å². The van der Waals surface area contributed by atoms with Gasteiger partial charge in [-0.3, -0.25) is 14.5 Å². The fourth-order valence-electron chi connectivity index (χ4n) is 4.23. The van der Waals surface area contributed by atoms with E-state index in [0.717, 1.165) is 5.56 Å². The first-order valence-electron chi connectivity index (χ1n) is 12.3. The van der Waals surface area contributed by atoms with Gasteiger partial charge in [0.1, 0.15) is 18.1 Å². The van der Waals surface area contributed by atoms with E-state index in [2.05, 4.69) is 41.0 Å². The monoisotopic (exact) mass is 589 g/mol. The maximum Gasteiger partial charge on any atom is 0.301 e. The van der Waals surface area contributed by atoms with Gasteiger partial charge in [-0.05, 0) is 54.4 Å². The van der Waals surface area contributed by atoms with Crippen LogP contribution in [0.5, 0.6) is 5.75 Å². The average molecular weight is 590 g/mol. The van der Waals surface area contributed by atoms with Crippen LogP contribution < -0.4 is 9.64 Å². The fourth-order valence-corrected chi connectivity index (χ4v) is 6.17. The van der Waals surface area contributed by atoms with Gasteiger partial charge in [0.05, 0.1) is 11.6 Å². The Balaban J connectivity index is 1.54. The van der Waals surface area contributed by atoms with Crippen LogP contribution in [0, 0.1) is 6.92 Å². The molecule has 40 heavy (non-hydrogen) atoms. The highest BCUT2D eigenvalue weighted by Gasteiger charge is 2.48. The number of Topliss-reactive ketones (excluding diaryl/α,β-unsaturated/α-hetero) is 1. The molecule has 4 aromatic rings. The van der Waals surface area contributed by atoms with Gasteiger partial charge in [0.25, 0.3) is 5.78 Å². The number of hydrogen-bond donors (Lipinski definition) is 1. The number of thioether (sulfide) groups is 1. The second kappa shape index (κ2) is 12.1. The van der Waals surface area contributed by atoms with Crippen LogP contribution in [0.1, 0.15) is 28.3 Å². The summed E-state index contributed by atoms with van der Waals surface area (Å²) in [5.74, 6) is -0.723. The van der Waals surface area contributed by atoms with Crippen LogP contribution in [-0.2, 0) is 15.3 Å². The topological polar surface area (TPSA) is 92.6 Å². The molecule has 0 radical (unpaired) electrons. The molecule has 0 aliphatic carbocycles. The van der Waals surface area contributed by atoms with Crippen molar-refractivity contribution in [3.8, 4) is 5.75 Å². The molecule has 0 spiro atoms. The van der Waals surface area contributed by atoms with E-state index in [0.29, 0.717) is 32.0 Å². The Bertz CT molecular complexity index is 1600. The summed E-state index contributed by atoms with van der Waals surface area (Å²) in [7, 11) is 0. The van der Waals surface area contributed by atoms with E-state index in [1.165, 1.54) is 33.6 Å². The number of ketones is 1. The van der Waals surface area contributed by atoms with Crippen LogP contribution in [0.2, 0.25) is 5.02 Å². The van der Waals surface area contributed by atoms with E-state index in [1.807, 2.05) is 6.92 Å². The smallest absolute Gasteiger partial charge is 0.301 e. The maximum absolute atomic E-state index is 13.5. The summed E-state index contributed by atoms with van der Waals surface area (Å²) in [5.41, 5.74) is 3.18. The Morgan fingerprint density at radius 2 is 1.88 bits per heavy atom. The van der Waals surface area contributed by atoms with Gasteiger partial charge in [0.15, 0.2) is 4.34 Å². The van der Waals surface area contributed by atoms with Crippen molar-refractivity contribution in [1.82, 2.24) is 10.2 Å². The van der Waals surface area contributed by atoms with E-state index in [-0.39, 0.29) is 23.1 Å². The van der Waals surface area contributed by atoms with Gasteiger partial charge >= 0.3 is 5.91 Å². The van der Waals surface area contributed by atoms with Gasteiger partial charge in [-0.15, -0.1) is 10.2 Å². The zero-order valence-corrected chi connectivity index (χ0v) is 23.8. The quantitative estimate of drug-likeness (QED) is 0.0562. The summed E-state index contributed by atoms with van der Waals surface area (Å²) in [6.07, 6.45) is 1.62. The lowest BCUT2D eigenvalue weighted by molar-refractivity contribution is -0.132. The average Bonchev–Trinajstić information content (AvgIpc) is 3.53. The lowest BCUT2D eigenvalue weighted by atomic mass is 9.95. The molecule has 1 unspecified atom stereocenters. The first-order valence-corrected chi connectivity index (χ1v) is 14.5. The standard InChI is InChI=1S/C30H24ClN3O4S2/c1-3-15-38-23-6-4-5-21(16-23)25-24(26(35)20-11-13-22(31)14-12-20)27(36)28(37)34(25)29-32-33-30(40-29)39-17-19-9-7-18(2)8-10-19/h3-14,16,25,35H,1,15,17H2,2H3/b26-24+. The van der Waals surface area contributed by atoms with Crippen molar-refractivity contribution in [1.29, 1.82) is 0 Å². The number of aliphatic hydroxyl groups is 1. The molecule has 2 heterocycles. The predicted octanol–water partition coefficient (Wildman–Crippen LogP) is 6.98. The molecule has 1 amide bonds. The number of amides is 1. The summed E-state index contributed by atoms with van der Waals surface area (Å²) in [6.45, 7) is 5.99. The zero-order valence-electron chi connectivity index (χ0n) is 21.4. The number of aliphatic hydroxyl groups excluding tert-OH is 1. The fraction of sp³-hybridized carbons (Fsp3) is 0.133. The van der Waals surface area contributed by atoms with Gasteiger partial charge in [-0.25, -0.2) is 0 Å². The zero-order chi connectivity index (χ0) is 28.2. The Morgan fingerprint density at radius 1 is 1.12 bits per heavy atom. The number of anilines is 1. The van der Waals surface area contributed by atoms with Gasteiger partial charge in [-0.2, -0.15) is 0 Å². The molecular weight excluding hydrogens is 566 g/mol. The molecule has 1 atom stereocenters. The molecular formula is C30H24ClN3O4S2. The number of rotatable bonds is 9. The van der Waals surface area contributed by atoms with E-state index in [1.54, 1.807) is 54.6 Å². The number of aryl methyl sites for hydroxylation is 1. The van der Waals surface area contributed by atoms with E-state index in [4.69, 9.17) is 16.3 Å². The van der Waals surface area contributed by atoms with E-state index in [9.17, 15) is 14.7 Å². The van der Waals surface area contributed by atoms with Crippen molar-refractivity contribution in [3.05, 3.63) is 118 Å². The van der Waals surface area contributed by atoms with E-state index >= 15 is 0 Å². The van der Waals surface area contributed by atoms with Crippen molar-refractivity contribution in [2.24, 2.45) is 0 Å².